The zero-order chi connectivity index (χ0) is 15.8. The van der Waals surface area contributed by atoms with E-state index in [-0.39, 0.29) is 0 Å². The lowest BCUT2D eigenvalue weighted by Gasteiger charge is -2.17. The molecule has 0 spiro atoms. The van der Waals surface area contributed by atoms with Gasteiger partial charge in [0.25, 0.3) is 0 Å². The summed E-state index contributed by atoms with van der Waals surface area (Å²) in [6, 6.07) is 0. The van der Waals surface area contributed by atoms with Crippen molar-refractivity contribution in [1.82, 2.24) is 9.97 Å². The summed E-state index contributed by atoms with van der Waals surface area (Å²) in [6.45, 7) is 14.5. The number of hydrogen-bond donors (Lipinski definition) is 1. The van der Waals surface area contributed by atoms with Gasteiger partial charge in [0.2, 0.25) is 5.88 Å². The number of ether oxygens (including phenoxy) is 1. The second-order valence-corrected chi connectivity index (χ2v) is 6.15. The van der Waals surface area contributed by atoms with Crippen LogP contribution in [-0.4, -0.2) is 23.1 Å². The van der Waals surface area contributed by atoms with Gasteiger partial charge in [-0.05, 0) is 25.7 Å². The lowest BCUT2D eigenvalue weighted by molar-refractivity contribution is 0.240. The van der Waals surface area contributed by atoms with E-state index in [4.69, 9.17) is 4.74 Å². The monoisotopic (exact) mass is 293 g/mol. The Hall–Kier alpha value is -1.32. The molecular formula is C17H31N3O. The quantitative estimate of drug-likeness (QED) is 0.726. The summed E-state index contributed by atoms with van der Waals surface area (Å²) in [5.41, 5.74) is 1.01. The minimum absolute atomic E-state index is 0.295. The first-order valence-corrected chi connectivity index (χ1v) is 8.24. The van der Waals surface area contributed by atoms with Gasteiger partial charge in [-0.2, -0.15) is 4.98 Å². The fourth-order valence-electron chi connectivity index (χ4n) is 2.12. The molecule has 1 N–H and O–H groups in total. The first-order valence-electron chi connectivity index (χ1n) is 8.24. The first kappa shape index (κ1) is 17.7. The van der Waals surface area contributed by atoms with Crippen molar-refractivity contribution in [2.45, 2.75) is 66.7 Å². The maximum Gasteiger partial charge on any atom is 0.221 e. The Kier molecular flexibility index (Phi) is 7.48. The predicted octanol–water partition coefficient (Wildman–Crippen LogP) is 4.55. The highest BCUT2D eigenvalue weighted by Crippen LogP contribution is 2.25. The van der Waals surface area contributed by atoms with Gasteiger partial charge in [-0.3, -0.25) is 0 Å². The predicted molar refractivity (Wildman–Crippen MR) is 89.2 cm³/mol. The number of nitrogens with one attached hydrogen (secondary N) is 1. The van der Waals surface area contributed by atoms with E-state index in [0.717, 1.165) is 42.7 Å². The molecule has 1 atom stereocenters. The smallest absolute Gasteiger partial charge is 0.221 e. The molecule has 1 aromatic heterocycles. The van der Waals surface area contributed by atoms with E-state index in [2.05, 4.69) is 49.9 Å². The lowest BCUT2D eigenvalue weighted by atomic mass is 10.1. The maximum absolute atomic E-state index is 5.97. The Morgan fingerprint density at radius 2 is 1.81 bits per heavy atom. The van der Waals surface area contributed by atoms with Crippen LogP contribution in [0.2, 0.25) is 0 Å². The molecule has 1 aromatic rings. The van der Waals surface area contributed by atoms with Crippen molar-refractivity contribution in [2.24, 2.45) is 5.92 Å². The topological polar surface area (TPSA) is 47.0 Å². The Labute approximate surface area is 129 Å². The summed E-state index contributed by atoms with van der Waals surface area (Å²) < 4.78 is 5.97. The van der Waals surface area contributed by atoms with Crippen LogP contribution in [0.4, 0.5) is 5.82 Å². The summed E-state index contributed by atoms with van der Waals surface area (Å²) in [4.78, 5) is 9.23. The number of rotatable bonds is 9. The molecule has 0 fully saturated rings. The molecule has 0 aromatic carbocycles. The second-order valence-electron chi connectivity index (χ2n) is 6.15. The molecule has 4 nitrogen and oxygen atoms in total. The van der Waals surface area contributed by atoms with E-state index >= 15 is 0 Å². The SMILES string of the molecule is CCCNc1nc(C(C)C)nc(OCC(C)CCC)c1C. The Balaban J connectivity index is 2.91. The minimum atomic E-state index is 0.295. The number of aromatic nitrogens is 2. The largest absolute Gasteiger partial charge is 0.477 e. The minimum Gasteiger partial charge on any atom is -0.477 e. The average Bonchev–Trinajstić information content (AvgIpc) is 2.45. The fraction of sp³-hybridized carbons (Fsp3) is 0.765. The molecule has 4 heteroatoms. The van der Waals surface area contributed by atoms with Crippen LogP contribution in [0, 0.1) is 12.8 Å². The van der Waals surface area contributed by atoms with Crippen molar-refractivity contribution >= 4 is 5.82 Å². The second kappa shape index (κ2) is 8.85. The van der Waals surface area contributed by atoms with Crippen LogP contribution < -0.4 is 10.1 Å². The van der Waals surface area contributed by atoms with E-state index in [9.17, 15) is 0 Å². The Morgan fingerprint density at radius 1 is 1.10 bits per heavy atom. The molecule has 1 heterocycles. The normalized spacial score (nSPS) is 12.5. The van der Waals surface area contributed by atoms with Crippen LogP contribution in [0.3, 0.4) is 0 Å². The highest BCUT2D eigenvalue weighted by molar-refractivity contribution is 5.48. The standard InChI is InChI=1S/C17H31N3O/c1-7-9-13(5)11-21-17-14(6)16(18-10-8-2)19-15(20-17)12(3)4/h12-13H,7-11H2,1-6H3,(H,18,19,20). The van der Waals surface area contributed by atoms with Crippen molar-refractivity contribution in [1.29, 1.82) is 0 Å². The van der Waals surface area contributed by atoms with E-state index in [1.165, 1.54) is 12.8 Å². The van der Waals surface area contributed by atoms with Crippen LogP contribution in [0.1, 0.15) is 71.2 Å². The van der Waals surface area contributed by atoms with Gasteiger partial charge in [0.05, 0.1) is 12.2 Å². The van der Waals surface area contributed by atoms with Crippen LogP contribution in [-0.2, 0) is 0 Å². The summed E-state index contributed by atoms with van der Waals surface area (Å²) >= 11 is 0. The molecule has 120 valence electrons. The van der Waals surface area contributed by atoms with Gasteiger partial charge >= 0.3 is 0 Å². The van der Waals surface area contributed by atoms with E-state index < -0.39 is 0 Å². The van der Waals surface area contributed by atoms with E-state index in [1.807, 2.05) is 6.92 Å². The molecule has 1 unspecified atom stereocenters. The van der Waals surface area contributed by atoms with Crippen molar-refractivity contribution in [3.63, 3.8) is 0 Å². The third-order valence-corrected chi connectivity index (χ3v) is 3.46. The Bertz CT molecular complexity index is 432. The van der Waals surface area contributed by atoms with Crippen molar-refractivity contribution in [3.05, 3.63) is 11.4 Å². The van der Waals surface area contributed by atoms with Crippen molar-refractivity contribution in [3.8, 4) is 5.88 Å². The van der Waals surface area contributed by atoms with Crippen molar-refractivity contribution in [2.75, 3.05) is 18.5 Å². The molecule has 0 saturated carbocycles. The summed E-state index contributed by atoms with van der Waals surface area (Å²) in [6.07, 6.45) is 3.44. The van der Waals surface area contributed by atoms with Gasteiger partial charge in [-0.1, -0.05) is 41.0 Å². The summed E-state index contributed by atoms with van der Waals surface area (Å²) in [7, 11) is 0. The molecule has 0 bridgehead atoms. The number of anilines is 1. The van der Waals surface area contributed by atoms with E-state index in [1.54, 1.807) is 0 Å². The van der Waals surface area contributed by atoms with E-state index in [0.29, 0.717) is 11.8 Å². The molecule has 0 aliphatic carbocycles. The van der Waals surface area contributed by atoms with Crippen LogP contribution >= 0.6 is 0 Å². The number of nitrogens with zero attached hydrogens (tertiary/aromatic N) is 2. The van der Waals surface area contributed by atoms with Gasteiger partial charge in [0, 0.05) is 12.5 Å². The average molecular weight is 293 g/mol. The van der Waals surface area contributed by atoms with Gasteiger partial charge in [0.15, 0.2) is 0 Å². The molecule has 0 amide bonds. The summed E-state index contributed by atoms with van der Waals surface area (Å²) in [5.74, 6) is 3.34. The molecule has 0 aliphatic heterocycles. The van der Waals surface area contributed by atoms with Crippen LogP contribution in [0.25, 0.3) is 0 Å². The fourth-order valence-corrected chi connectivity index (χ4v) is 2.12. The maximum atomic E-state index is 5.97. The van der Waals surface area contributed by atoms with Gasteiger partial charge in [-0.15, -0.1) is 0 Å². The number of hydrogen-bond acceptors (Lipinski definition) is 4. The highest BCUT2D eigenvalue weighted by atomic mass is 16.5. The van der Waals surface area contributed by atoms with Gasteiger partial charge in [0.1, 0.15) is 11.6 Å². The zero-order valence-corrected chi connectivity index (χ0v) is 14.5. The molecular weight excluding hydrogens is 262 g/mol. The van der Waals surface area contributed by atoms with Crippen LogP contribution in [0.15, 0.2) is 0 Å². The van der Waals surface area contributed by atoms with Gasteiger partial charge < -0.3 is 10.1 Å². The molecule has 1 rings (SSSR count). The van der Waals surface area contributed by atoms with Crippen molar-refractivity contribution < 1.29 is 4.74 Å². The molecule has 0 aliphatic rings. The zero-order valence-electron chi connectivity index (χ0n) is 14.5. The lowest BCUT2D eigenvalue weighted by Crippen LogP contribution is -2.14. The van der Waals surface area contributed by atoms with Crippen LogP contribution in [0.5, 0.6) is 5.88 Å². The Morgan fingerprint density at radius 3 is 2.38 bits per heavy atom. The highest BCUT2D eigenvalue weighted by Gasteiger charge is 2.14. The molecule has 0 radical (unpaired) electrons. The summed E-state index contributed by atoms with van der Waals surface area (Å²) in [5, 5.41) is 3.38. The third kappa shape index (κ3) is 5.52. The molecule has 0 saturated heterocycles. The third-order valence-electron chi connectivity index (χ3n) is 3.46. The molecule has 21 heavy (non-hydrogen) atoms. The first-order chi connectivity index (χ1) is 9.99. The van der Waals surface area contributed by atoms with Gasteiger partial charge in [-0.25, -0.2) is 4.98 Å².